The van der Waals surface area contributed by atoms with Crippen LogP contribution in [0.1, 0.15) is 24.9 Å². The monoisotopic (exact) mass is 544 g/mol. The van der Waals surface area contributed by atoms with Crippen molar-refractivity contribution in [2.24, 2.45) is 4.99 Å². The molecular weight excluding hydrogens is 513 g/mol. The van der Waals surface area contributed by atoms with Gasteiger partial charge in [0.1, 0.15) is 5.82 Å². The quantitative estimate of drug-likeness (QED) is 0.318. The molecule has 2 heterocycles. The summed E-state index contributed by atoms with van der Waals surface area (Å²) in [5, 5.41) is 6.74. The van der Waals surface area contributed by atoms with Crippen LogP contribution in [0.15, 0.2) is 47.6 Å². The zero-order valence-electron chi connectivity index (χ0n) is 18.2. The lowest BCUT2D eigenvalue weighted by molar-refractivity contribution is 0.306. The van der Waals surface area contributed by atoms with Gasteiger partial charge in [0.05, 0.1) is 12.6 Å². The van der Waals surface area contributed by atoms with E-state index in [2.05, 4.69) is 20.5 Å². The van der Waals surface area contributed by atoms with Crippen LogP contribution in [-0.2, 0) is 0 Å². The molecule has 0 saturated carbocycles. The Kier molecular flexibility index (Phi) is 9.89. The summed E-state index contributed by atoms with van der Waals surface area (Å²) in [5.74, 6) is 0.573. The van der Waals surface area contributed by atoms with Crippen LogP contribution in [0.3, 0.4) is 0 Å². The number of benzene rings is 1. The molecule has 0 bridgehead atoms. The van der Waals surface area contributed by atoms with Crippen LogP contribution in [0.4, 0.5) is 14.6 Å². The van der Waals surface area contributed by atoms with Gasteiger partial charge in [-0.05, 0) is 57.3 Å². The summed E-state index contributed by atoms with van der Waals surface area (Å²) in [5.41, 5.74) is 1.01. The van der Waals surface area contributed by atoms with Crippen LogP contribution in [-0.4, -0.2) is 62.2 Å². The van der Waals surface area contributed by atoms with E-state index in [-0.39, 0.29) is 47.7 Å². The molecule has 170 valence electrons. The SMILES string of the molecule is CCNC(=NCC(c1ccc(F)cc1)N(C)C)NC1CCN(c2ncccc2F)C1.I. The number of nitrogens with one attached hydrogen (secondary N) is 2. The lowest BCUT2D eigenvalue weighted by Crippen LogP contribution is -2.45. The van der Waals surface area contributed by atoms with E-state index >= 15 is 0 Å². The topological polar surface area (TPSA) is 55.8 Å². The van der Waals surface area contributed by atoms with Crippen molar-refractivity contribution in [3.63, 3.8) is 0 Å². The number of guanidine groups is 1. The van der Waals surface area contributed by atoms with Gasteiger partial charge in [0.2, 0.25) is 0 Å². The highest BCUT2D eigenvalue weighted by atomic mass is 127. The van der Waals surface area contributed by atoms with Gasteiger partial charge in [0.25, 0.3) is 0 Å². The predicted molar refractivity (Wildman–Crippen MR) is 132 cm³/mol. The summed E-state index contributed by atoms with van der Waals surface area (Å²) in [6.45, 7) is 4.68. The number of anilines is 1. The number of aliphatic imine (C=N–C) groups is 1. The van der Waals surface area contributed by atoms with Crippen LogP contribution in [0.2, 0.25) is 0 Å². The van der Waals surface area contributed by atoms with Crippen molar-refractivity contribution in [1.29, 1.82) is 0 Å². The number of rotatable bonds is 7. The first-order valence-corrected chi connectivity index (χ1v) is 10.3. The van der Waals surface area contributed by atoms with Crippen LogP contribution in [0, 0.1) is 11.6 Å². The van der Waals surface area contributed by atoms with E-state index in [0.29, 0.717) is 18.9 Å². The molecule has 1 aliphatic rings. The fourth-order valence-corrected chi connectivity index (χ4v) is 3.62. The molecule has 1 aliphatic heterocycles. The molecule has 1 aromatic carbocycles. The summed E-state index contributed by atoms with van der Waals surface area (Å²) in [6, 6.07) is 9.76. The zero-order valence-corrected chi connectivity index (χ0v) is 20.5. The van der Waals surface area contributed by atoms with Gasteiger partial charge in [-0.2, -0.15) is 0 Å². The van der Waals surface area contributed by atoms with Crippen molar-refractivity contribution in [3.05, 3.63) is 59.8 Å². The van der Waals surface area contributed by atoms with E-state index in [1.54, 1.807) is 24.4 Å². The molecule has 1 saturated heterocycles. The summed E-state index contributed by atoms with van der Waals surface area (Å²) in [4.78, 5) is 13.0. The smallest absolute Gasteiger partial charge is 0.191 e. The predicted octanol–water partition coefficient (Wildman–Crippen LogP) is 3.41. The van der Waals surface area contributed by atoms with Crippen LogP contribution in [0.25, 0.3) is 0 Å². The van der Waals surface area contributed by atoms with Crippen molar-refractivity contribution in [3.8, 4) is 0 Å². The Bertz CT molecular complexity index is 846. The third-order valence-electron chi connectivity index (χ3n) is 5.21. The Morgan fingerprint density at radius 3 is 2.65 bits per heavy atom. The molecule has 0 spiro atoms. The van der Waals surface area contributed by atoms with Gasteiger partial charge in [0, 0.05) is 31.9 Å². The number of hydrogen-bond acceptors (Lipinski definition) is 4. The molecule has 1 fully saturated rings. The third-order valence-corrected chi connectivity index (χ3v) is 5.21. The van der Waals surface area contributed by atoms with Crippen molar-refractivity contribution < 1.29 is 8.78 Å². The average Bonchev–Trinajstić information content (AvgIpc) is 3.18. The highest BCUT2D eigenvalue weighted by Crippen LogP contribution is 2.21. The van der Waals surface area contributed by atoms with Crippen LogP contribution >= 0.6 is 24.0 Å². The van der Waals surface area contributed by atoms with Crippen molar-refractivity contribution in [1.82, 2.24) is 20.5 Å². The lowest BCUT2D eigenvalue weighted by Gasteiger charge is -2.24. The number of aromatic nitrogens is 1. The second-order valence-electron chi connectivity index (χ2n) is 7.64. The van der Waals surface area contributed by atoms with Crippen molar-refractivity contribution in [2.45, 2.75) is 25.4 Å². The standard InChI is InChI=1S/C22H30F2N6.HI/c1-4-25-22(27-14-20(29(2)3)16-7-9-17(23)10-8-16)28-18-11-13-30(15-18)21-19(24)6-5-12-26-21;/h5-10,12,18,20H,4,11,13-15H2,1-3H3,(H2,25,27,28);1H. The second-order valence-corrected chi connectivity index (χ2v) is 7.64. The fourth-order valence-electron chi connectivity index (χ4n) is 3.62. The molecule has 31 heavy (non-hydrogen) atoms. The molecule has 0 amide bonds. The molecule has 6 nitrogen and oxygen atoms in total. The first-order chi connectivity index (χ1) is 14.5. The first-order valence-electron chi connectivity index (χ1n) is 10.3. The fraction of sp³-hybridized carbons (Fsp3) is 0.455. The number of pyridine rings is 1. The van der Waals surface area contributed by atoms with E-state index < -0.39 is 0 Å². The van der Waals surface area contributed by atoms with E-state index in [9.17, 15) is 8.78 Å². The molecule has 2 atom stereocenters. The normalized spacial score (nSPS) is 17.4. The van der Waals surface area contributed by atoms with E-state index in [0.717, 1.165) is 31.0 Å². The number of likely N-dealkylation sites (N-methyl/N-ethyl adjacent to an activating group) is 1. The highest BCUT2D eigenvalue weighted by Gasteiger charge is 2.26. The molecule has 2 N–H and O–H groups in total. The van der Waals surface area contributed by atoms with Gasteiger partial charge in [-0.25, -0.2) is 13.8 Å². The Balaban J connectivity index is 0.00000341. The largest absolute Gasteiger partial charge is 0.357 e. The van der Waals surface area contributed by atoms with Gasteiger partial charge in [-0.15, -0.1) is 24.0 Å². The Labute approximate surface area is 200 Å². The molecule has 2 aromatic rings. The summed E-state index contributed by atoms with van der Waals surface area (Å²) in [6.07, 6.45) is 2.48. The zero-order chi connectivity index (χ0) is 21.5. The van der Waals surface area contributed by atoms with Gasteiger partial charge in [-0.3, -0.25) is 4.99 Å². The molecule has 1 aromatic heterocycles. The third kappa shape index (κ3) is 6.99. The average molecular weight is 544 g/mol. The highest BCUT2D eigenvalue weighted by molar-refractivity contribution is 14.0. The Morgan fingerprint density at radius 2 is 2.00 bits per heavy atom. The molecule has 0 aliphatic carbocycles. The van der Waals surface area contributed by atoms with Crippen LogP contribution < -0.4 is 15.5 Å². The maximum Gasteiger partial charge on any atom is 0.191 e. The van der Waals surface area contributed by atoms with Gasteiger partial charge >= 0.3 is 0 Å². The molecule has 0 radical (unpaired) electrons. The molecule has 2 unspecified atom stereocenters. The number of hydrogen-bond donors (Lipinski definition) is 2. The van der Waals surface area contributed by atoms with E-state index in [4.69, 9.17) is 4.99 Å². The minimum atomic E-state index is -0.299. The summed E-state index contributed by atoms with van der Waals surface area (Å²) < 4.78 is 27.3. The maximum absolute atomic E-state index is 14.0. The van der Waals surface area contributed by atoms with E-state index in [1.807, 2.05) is 25.9 Å². The Hall–Kier alpha value is -2.01. The second kappa shape index (κ2) is 12.1. The minimum Gasteiger partial charge on any atom is -0.357 e. The van der Waals surface area contributed by atoms with Gasteiger partial charge in [0.15, 0.2) is 17.6 Å². The van der Waals surface area contributed by atoms with Crippen LogP contribution in [0.5, 0.6) is 0 Å². The minimum absolute atomic E-state index is 0. The van der Waals surface area contributed by atoms with Gasteiger partial charge < -0.3 is 20.4 Å². The molecule has 9 heteroatoms. The first kappa shape index (κ1) is 25.3. The van der Waals surface area contributed by atoms with Crippen molar-refractivity contribution in [2.75, 3.05) is 45.2 Å². The maximum atomic E-state index is 14.0. The molecular formula is C22H31F2IN6. The number of nitrogens with zero attached hydrogens (tertiary/aromatic N) is 4. The summed E-state index contributed by atoms with van der Waals surface area (Å²) in [7, 11) is 3.97. The lowest BCUT2D eigenvalue weighted by atomic mass is 10.1. The molecule has 3 rings (SSSR count). The number of halogens is 3. The summed E-state index contributed by atoms with van der Waals surface area (Å²) >= 11 is 0. The Morgan fingerprint density at radius 1 is 1.26 bits per heavy atom. The van der Waals surface area contributed by atoms with Gasteiger partial charge in [-0.1, -0.05) is 12.1 Å². The van der Waals surface area contributed by atoms with E-state index in [1.165, 1.54) is 18.2 Å². The van der Waals surface area contributed by atoms with Crippen molar-refractivity contribution >= 4 is 35.8 Å².